The van der Waals surface area contributed by atoms with E-state index in [1.807, 2.05) is 0 Å². The number of aliphatic hydroxyl groups excluding tert-OH is 1. The second-order valence-electron chi connectivity index (χ2n) is 6.14. The molecule has 0 heterocycles. The second-order valence-corrected chi connectivity index (χ2v) is 6.14. The summed E-state index contributed by atoms with van der Waals surface area (Å²) in [5, 5.41) is 13.4. The van der Waals surface area contributed by atoms with Crippen LogP contribution in [0.1, 0.15) is 58.3 Å². The molecule has 0 amide bonds. The van der Waals surface area contributed by atoms with Crippen molar-refractivity contribution in [3.05, 3.63) is 0 Å². The van der Waals surface area contributed by atoms with Gasteiger partial charge in [-0.05, 0) is 38.5 Å². The van der Waals surface area contributed by atoms with E-state index in [1.165, 1.54) is 51.4 Å². The van der Waals surface area contributed by atoms with Gasteiger partial charge in [-0.2, -0.15) is 0 Å². The fourth-order valence-corrected chi connectivity index (χ4v) is 2.97. The topological polar surface area (TPSA) is 41.5 Å². The van der Waals surface area contributed by atoms with Gasteiger partial charge in [-0.3, -0.25) is 0 Å². The van der Waals surface area contributed by atoms with Gasteiger partial charge in [0.05, 0.1) is 18.8 Å². The van der Waals surface area contributed by atoms with Crippen molar-refractivity contribution in [2.75, 3.05) is 13.2 Å². The lowest BCUT2D eigenvalue weighted by Gasteiger charge is -2.32. The molecule has 0 aromatic heterocycles. The van der Waals surface area contributed by atoms with Crippen molar-refractivity contribution in [1.82, 2.24) is 5.32 Å². The first kappa shape index (κ1) is 14.3. The van der Waals surface area contributed by atoms with Crippen molar-refractivity contribution < 1.29 is 9.84 Å². The summed E-state index contributed by atoms with van der Waals surface area (Å²) in [5.74, 6) is 0.830. The van der Waals surface area contributed by atoms with E-state index in [9.17, 15) is 5.11 Å². The molecule has 106 valence electrons. The number of hydrogen-bond acceptors (Lipinski definition) is 3. The maximum Gasteiger partial charge on any atom is 0.0897 e. The molecule has 2 aliphatic carbocycles. The van der Waals surface area contributed by atoms with Crippen molar-refractivity contribution in [2.45, 2.75) is 76.5 Å². The first-order valence-corrected chi connectivity index (χ1v) is 7.78. The van der Waals surface area contributed by atoms with Crippen LogP contribution in [0, 0.1) is 5.92 Å². The summed E-state index contributed by atoms with van der Waals surface area (Å²) in [5.41, 5.74) is 0. The molecule has 2 atom stereocenters. The normalized spacial score (nSPS) is 25.7. The Morgan fingerprint density at radius 2 is 1.83 bits per heavy atom. The van der Waals surface area contributed by atoms with Crippen molar-refractivity contribution >= 4 is 0 Å². The van der Waals surface area contributed by atoms with Crippen molar-refractivity contribution in [3.8, 4) is 0 Å². The summed E-state index contributed by atoms with van der Waals surface area (Å²) < 4.78 is 5.79. The molecule has 0 bridgehead atoms. The number of aliphatic hydroxyl groups is 1. The van der Waals surface area contributed by atoms with Crippen molar-refractivity contribution in [2.24, 2.45) is 5.92 Å². The molecule has 2 saturated carbocycles. The summed E-state index contributed by atoms with van der Waals surface area (Å²) >= 11 is 0. The summed E-state index contributed by atoms with van der Waals surface area (Å²) in [6.07, 6.45) is 10.4. The van der Waals surface area contributed by atoms with Crippen LogP contribution in [-0.2, 0) is 4.74 Å². The smallest absolute Gasteiger partial charge is 0.0897 e. The lowest BCUT2D eigenvalue weighted by molar-refractivity contribution is -0.0242. The highest BCUT2D eigenvalue weighted by molar-refractivity contribution is 4.80. The molecule has 2 aliphatic rings. The van der Waals surface area contributed by atoms with E-state index in [2.05, 4.69) is 12.2 Å². The first-order chi connectivity index (χ1) is 8.75. The van der Waals surface area contributed by atoms with Gasteiger partial charge in [0, 0.05) is 12.6 Å². The van der Waals surface area contributed by atoms with Gasteiger partial charge in [-0.25, -0.2) is 0 Å². The number of rotatable bonds is 7. The van der Waals surface area contributed by atoms with Gasteiger partial charge in [0.25, 0.3) is 0 Å². The van der Waals surface area contributed by atoms with Gasteiger partial charge in [0.2, 0.25) is 0 Å². The van der Waals surface area contributed by atoms with Crippen LogP contribution in [-0.4, -0.2) is 36.5 Å². The maximum absolute atomic E-state index is 9.91. The van der Waals surface area contributed by atoms with Crippen LogP contribution in [0.15, 0.2) is 0 Å². The lowest BCUT2D eigenvalue weighted by Crippen LogP contribution is -2.42. The largest absolute Gasteiger partial charge is 0.389 e. The molecule has 3 nitrogen and oxygen atoms in total. The third kappa shape index (κ3) is 4.52. The van der Waals surface area contributed by atoms with Crippen molar-refractivity contribution in [1.29, 1.82) is 0 Å². The predicted molar refractivity (Wildman–Crippen MR) is 73.6 cm³/mol. The molecule has 0 aromatic rings. The van der Waals surface area contributed by atoms with Gasteiger partial charge in [0.15, 0.2) is 0 Å². The van der Waals surface area contributed by atoms with E-state index in [1.54, 1.807) is 0 Å². The quantitative estimate of drug-likeness (QED) is 0.734. The molecule has 0 aliphatic heterocycles. The zero-order chi connectivity index (χ0) is 12.8. The van der Waals surface area contributed by atoms with Gasteiger partial charge >= 0.3 is 0 Å². The minimum absolute atomic E-state index is 0.352. The third-order valence-electron chi connectivity index (χ3n) is 4.61. The Hall–Kier alpha value is -0.120. The monoisotopic (exact) mass is 255 g/mol. The molecule has 0 spiro atoms. The van der Waals surface area contributed by atoms with Gasteiger partial charge in [-0.1, -0.05) is 25.7 Å². The third-order valence-corrected chi connectivity index (χ3v) is 4.61. The average Bonchev–Trinajstić information content (AvgIpc) is 2.33. The Kier molecular flexibility index (Phi) is 5.93. The van der Waals surface area contributed by atoms with Crippen LogP contribution >= 0.6 is 0 Å². The molecule has 2 unspecified atom stereocenters. The average molecular weight is 255 g/mol. The predicted octanol–water partition coefficient (Wildman–Crippen LogP) is 2.47. The van der Waals surface area contributed by atoms with E-state index in [0.29, 0.717) is 25.3 Å². The van der Waals surface area contributed by atoms with E-state index in [4.69, 9.17) is 4.74 Å². The number of ether oxygens (including phenoxy) is 1. The van der Waals surface area contributed by atoms with E-state index < -0.39 is 0 Å². The standard InChI is InChI=1S/C15H29NO2/c1-12(13-6-5-7-13)16-10-14(17)11-18-15-8-3-2-4-9-15/h12-17H,2-11H2,1H3. The van der Waals surface area contributed by atoms with Crippen LogP contribution in [0.25, 0.3) is 0 Å². The van der Waals surface area contributed by atoms with Crippen LogP contribution in [0.3, 0.4) is 0 Å². The molecule has 2 rings (SSSR count). The Bertz CT molecular complexity index is 219. The zero-order valence-corrected chi connectivity index (χ0v) is 11.7. The zero-order valence-electron chi connectivity index (χ0n) is 11.7. The molecule has 3 heteroatoms. The Labute approximate surface area is 111 Å². The molecule has 18 heavy (non-hydrogen) atoms. The summed E-state index contributed by atoms with van der Waals surface area (Å²) in [4.78, 5) is 0. The van der Waals surface area contributed by atoms with Crippen LogP contribution in [0.2, 0.25) is 0 Å². The van der Waals surface area contributed by atoms with Crippen molar-refractivity contribution in [3.63, 3.8) is 0 Å². The van der Waals surface area contributed by atoms with Gasteiger partial charge < -0.3 is 15.2 Å². The summed E-state index contributed by atoms with van der Waals surface area (Å²) in [6, 6.07) is 0.545. The lowest BCUT2D eigenvalue weighted by atomic mass is 9.80. The molecule has 0 radical (unpaired) electrons. The molecule has 2 N–H and O–H groups in total. The highest BCUT2D eigenvalue weighted by Gasteiger charge is 2.24. The minimum atomic E-state index is -0.352. The van der Waals surface area contributed by atoms with Crippen LogP contribution in [0.5, 0.6) is 0 Å². The highest BCUT2D eigenvalue weighted by atomic mass is 16.5. The Morgan fingerprint density at radius 1 is 1.11 bits per heavy atom. The van der Waals surface area contributed by atoms with Crippen LogP contribution < -0.4 is 5.32 Å². The SMILES string of the molecule is CC(NCC(O)COC1CCCCC1)C1CCC1. The second kappa shape index (κ2) is 7.46. The maximum atomic E-state index is 9.91. The highest BCUT2D eigenvalue weighted by Crippen LogP contribution is 2.29. The van der Waals surface area contributed by atoms with Gasteiger partial charge in [-0.15, -0.1) is 0 Å². The fourth-order valence-electron chi connectivity index (χ4n) is 2.97. The van der Waals surface area contributed by atoms with Gasteiger partial charge in [0.1, 0.15) is 0 Å². The molecule has 0 aromatic carbocycles. The fraction of sp³-hybridized carbons (Fsp3) is 1.00. The number of nitrogens with one attached hydrogen (secondary N) is 1. The minimum Gasteiger partial charge on any atom is -0.389 e. The van der Waals surface area contributed by atoms with E-state index in [0.717, 1.165) is 5.92 Å². The Balaban J connectivity index is 1.52. The first-order valence-electron chi connectivity index (χ1n) is 7.78. The van der Waals surface area contributed by atoms with E-state index in [-0.39, 0.29) is 6.10 Å². The molecular formula is C15H29NO2. The van der Waals surface area contributed by atoms with E-state index >= 15 is 0 Å². The molecule has 0 saturated heterocycles. The summed E-state index contributed by atoms with van der Waals surface area (Å²) in [7, 11) is 0. The number of hydrogen-bond donors (Lipinski definition) is 2. The summed E-state index contributed by atoms with van der Waals surface area (Å²) in [6.45, 7) is 3.40. The van der Waals surface area contributed by atoms with Crippen LogP contribution in [0.4, 0.5) is 0 Å². The molecule has 2 fully saturated rings. The molecular weight excluding hydrogens is 226 g/mol. The Morgan fingerprint density at radius 3 is 2.44 bits per heavy atom.